The van der Waals surface area contributed by atoms with Crippen LogP contribution in [-0.2, 0) is 20.7 Å². The summed E-state index contributed by atoms with van der Waals surface area (Å²) in [5.74, 6) is -0.779. The first kappa shape index (κ1) is 21.4. The molecule has 0 aromatic carbocycles. The van der Waals surface area contributed by atoms with Crippen molar-refractivity contribution in [1.82, 2.24) is 20.2 Å². The Morgan fingerprint density at radius 3 is 2.91 bits per heavy atom. The number of carbonyl (C=O) groups is 3. The van der Waals surface area contributed by atoms with Crippen LogP contribution < -0.4 is 5.32 Å². The van der Waals surface area contributed by atoms with E-state index in [2.05, 4.69) is 15.3 Å². The second-order valence-corrected chi connectivity index (χ2v) is 9.06. The Morgan fingerprint density at radius 1 is 1.21 bits per heavy atom. The van der Waals surface area contributed by atoms with Crippen molar-refractivity contribution in [1.29, 1.82) is 0 Å². The van der Waals surface area contributed by atoms with Crippen molar-refractivity contribution in [2.24, 2.45) is 0 Å². The highest BCUT2D eigenvalue weighted by atomic mass is 32.1. The number of carbonyl (C=O) groups excluding carboxylic acids is 3. The molecule has 168 valence electrons. The van der Waals surface area contributed by atoms with Crippen LogP contribution in [0.3, 0.4) is 0 Å². The SMILES string of the molecule is O=C(NC(Cc1cccnc1)C(=O)N1CCC2OCC(=O)C21)c1cncc(-c2cccs2)c1. The van der Waals surface area contributed by atoms with Gasteiger partial charge >= 0.3 is 0 Å². The molecule has 5 heterocycles. The van der Waals surface area contributed by atoms with E-state index >= 15 is 0 Å². The minimum atomic E-state index is -0.848. The molecular weight excluding hydrogens is 440 g/mol. The zero-order valence-corrected chi connectivity index (χ0v) is 18.5. The second kappa shape index (κ2) is 9.21. The number of Topliss-reactive ketones (excluding diaryl/α,β-unsaturated/α-hetero) is 1. The maximum absolute atomic E-state index is 13.5. The number of likely N-dealkylation sites (tertiary alicyclic amines) is 1. The molecule has 1 N–H and O–H groups in total. The number of thiophene rings is 1. The average molecular weight is 463 g/mol. The number of rotatable bonds is 6. The molecule has 2 fully saturated rings. The van der Waals surface area contributed by atoms with Crippen LogP contribution in [0.1, 0.15) is 22.3 Å². The molecule has 0 bridgehead atoms. The topological polar surface area (TPSA) is 101 Å². The molecule has 0 radical (unpaired) electrons. The molecule has 2 saturated heterocycles. The van der Waals surface area contributed by atoms with Crippen molar-refractivity contribution in [3.63, 3.8) is 0 Å². The third-order valence-corrected chi connectivity index (χ3v) is 6.89. The Kier molecular flexibility index (Phi) is 5.97. The highest BCUT2D eigenvalue weighted by Gasteiger charge is 2.48. The zero-order chi connectivity index (χ0) is 22.8. The molecule has 8 nitrogen and oxygen atoms in total. The quantitative estimate of drug-likeness (QED) is 0.602. The Bertz CT molecular complexity index is 1170. The molecule has 0 aliphatic carbocycles. The molecule has 3 aromatic rings. The fourth-order valence-corrected chi connectivity index (χ4v) is 5.09. The van der Waals surface area contributed by atoms with Gasteiger partial charge in [-0.1, -0.05) is 12.1 Å². The number of nitrogens with zero attached hydrogens (tertiary/aromatic N) is 3. The molecule has 33 heavy (non-hydrogen) atoms. The number of hydrogen-bond donors (Lipinski definition) is 1. The van der Waals surface area contributed by atoms with Crippen LogP contribution in [0, 0.1) is 0 Å². The first-order chi connectivity index (χ1) is 16.1. The summed E-state index contributed by atoms with van der Waals surface area (Å²) in [6.07, 6.45) is 7.13. The fourth-order valence-electron chi connectivity index (χ4n) is 4.38. The van der Waals surface area contributed by atoms with Crippen molar-refractivity contribution >= 4 is 28.9 Å². The third-order valence-electron chi connectivity index (χ3n) is 5.97. The summed E-state index contributed by atoms with van der Waals surface area (Å²) in [7, 11) is 0. The summed E-state index contributed by atoms with van der Waals surface area (Å²) < 4.78 is 5.52. The number of ketones is 1. The van der Waals surface area contributed by atoms with Gasteiger partial charge in [0.05, 0.1) is 11.7 Å². The van der Waals surface area contributed by atoms with Crippen molar-refractivity contribution in [2.75, 3.05) is 13.2 Å². The first-order valence-corrected chi connectivity index (χ1v) is 11.6. The molecule has 0 spiro atoms. The Morgan fingerprint density at radius 2 is 2.12 bits per heavy atom. The minimum Gasteiger partial charge on any atom is -0.368 e. The van der Waals surface area contributed by atoms with Gasteiger partial charge in [-0.05, 0) is 35.6 Å². The lowest BCUT2D eigenvalue weighted by molar-refractivity contribution is -0.138. The number of amides is 2. The van der Waals surface area contributed by atoms with Crippen molar-refractivity contribution in [2.45, 2.75) is 31.0 Å². The lowest BCUT2D eigenvalue weighted by atomic mass is 10.0. The van der Waals surface area contributed by atoms with E-state index in [1.807, 2.05) is 23.6 Å². The first-order valence-electron chi connectivity index (χ1n) is 10.7. The van der Waals surface area contributed by atoms with Crippen LogP contribution in [0.4, 0.5) is 0 Å². The smallest absolute Gasteiger partial charge is 0.253 e. The van der Waals surface area contributed by atoms with Gasteiger partial charge in [0.2, 0.25) is 5.91 Å². The van der Waals surface area contributed by atoms with Crippen LogP contribution in [0.25, 0.3) is 10.4 Å². The van der Waals surface area contributed by atoms with Crippen molar-refractivity contribution in [3.8, 4) is 10.4 Å². The summed E-state index contributed by atoms with van der Waals surface area (Å²) in [5.41, 5.74) is 2.01. The number of aromatic nitrogens is 2. The van der Waals surface area contributed by atoms with E-state index in [0.29, 0.717) is 18.5 Å². The standard InChI is InChI=1S/C24H22N4O4S/c29-19-14-32-20-5-7-28(22(19)20)24(31)18(9-15-3-1-6-25-11-15)27-23(30)17-10-16(12-26-13-17)21-4-2-8-33-21/h1-4,6,8,10-13,18,20,22H,5,7,9,14H2,(H,27,30). The predicted octanol–water partition coefficient (Wildman–Crippen LogP) is 2.12. The van der Waals surface area contributed by atoms with Crippen LogP contribution in [0.15, 0.2) is 60.5 Å². The number of ether oxygens (including phenoxy) is 1. The molecule has 2 aliphatic rings. The van der Waals surface area contributed by atoms with Crippen molar-refractivity contribution in [3.05, 3.63) is 71.6 Å². The van der Waals surface area contributed by atoms with Crippen LogP contribution in [0.5, 0.6) is 0 Å². The zero-order valence-electron chi connectivity index (χ0n) is 17.7. The highest BCUT2D eigenvalue weighted by Crippen LogP contribution is 2.28. The van der Waals surface area contributed by atoms with Gasteiger partial charge in [-0.2, -0.15) is 0 Å². The van der Waals surface area contributed by atoms with Gasteiger partial charge in [0.15, 0.2) is 5.78 Å². The predicted molar refractivity (Wildman–Crippen MR) is 122 cm³/mol. The third kappa shape index (κ3) is 4.42. The number of hydrogen-bond acceptors (Lipinski definition) is 7. The molecule has 9 heteroatoms. The largest absolute Gasteiger partial charge is 0.368 e. The van der Waals surface area contributed by atoms with E-state index in [9.17, 15) is 14.4 Å². The molecule has 0 saturated carbocycles. The average Bonchev–Trinajstić information content (AvgIpc) is 3.59. The maximum atomic E-state index is 13.5. The molecule has 3 atom stereocenters. The Labute approximate surface area is 194 Å². The normalized spacial score (nSPS) is 20.5. The van der Waals surface area contributed by atoms with E-state index in [1.54, 1.807) is 47.0 Å². The van der Waals surface area contributed by atoms with Gasteiger partial charge < -0.3 is 15.0 Å². The second-order valence-electron chi connectivity index (χ2n) is 8.11. The molecule has 3 unspecified atom stereocenters. The number of nitrogens with one attached hydrogen (secondary N) is 1. The molecule has 3 aromatic heterocycles. The summed E-state index contributed by atoms with van der Waals surface area (Å²) >= 11 is 1.56. The fraction of sp³-hybridized carbons (Fsp3) is 0.292. The molecule has 2 aliphatic heterocycles. The van der Waals surface area contributed by atoms with Gasteiger partial charge in [-0.3, -0.25) is 24.4 Å². The van der Waals surface area contributed by atoms with E-state index in [-0.39, 0.29) is 30.8 Å². The van der Waals surface area contributed by atoms with Crippen molar-refractivity contribution < 1.29 is 19.1 Å². The lowest BCUT2D eigenvalue weighted by Gasteiger charge is -2.27. The monoisotopic (exact) mass is 462 g/mol. The highest BCUT2D eigenvalue weighted by molar-refractivity contribution is 7.13. The van der Waals surface area contributed by atoms with Gasteiger partial charge in [0.25, 0.3) is 5.91 Å². The van der Waals surface area contributed by atoms with Crippen LogP contribution >= 0.6 is 11.3 Å². The van der Waals surface area contributed by atoms with Gasteiger partial charge in [0.1, 0.15) is 18.7 Å². The molecule has 5 rings (SSSR count). The summed E-state index contributed by atoms with van der Waals surface area (Å²) in [6.45, 7) is 0.453. The Balaban J connectivity index is 1.39. The van der Waals surface area contributed by atoms with E-state index in [1.165, 1.54) is 6.20 Å². The number of fused-ring (bicyclic) bond motifs is 1. The molecular formula is C24H22N4O4S. The van der Waals surface area contributed by atoms with E-state index < -0.39 is 18.0 Å². The van der Waals surface area contributed by atoms with Gasteiger partial charge in [0, 0.05) is 48.2 Å². The van der Waals surface area contributed by atoms with E-state index in [4.69, 9.17) is 4.74 Å². The van der Waals surface area contributed by atoms with Crippen LogP contribution in [-0.4, -0.2) is 63.8 Å². The van der Waals surface area contributed by atoms with E-state index in [0.717, 1.165) is 16.0 Å². The van der Waals surface area contributed by atoms with Crippen LogP contribution in [0.2, 0.25) is 0 Å². The minimum absolute atomic E-state index is 0.0277. The summed E-state index contributed by atoms with van der Waals surface area (Å²) in [5, 5.41) is 4.84. The summed E-state index contributed by atoms with van der Waals surface area (Å²) in [6, 6.07) is 7.88. The Hall–Kier alpha value is -3.43. The van der Waals surface area contributed by atoms with Gasteiger partial charge in [-0.25, -0.2) is 0 Å². The summed E-state index contributed by atoms with van der Waals surface area (Å²) in [4.78, 5) is 49.9. The number of pyridine rings is 2. The molecule has 2 amide bonds. The van der Waals surface area contributed by atoms with Gasteiger partial charge in [-0.15, -0.1) is 11.3 Å². The lowest BCUT2D eigenvalue weighted by Crippen LogP contribution is -2.53. The maximum Gasteiger partial charge on any atom is 0.253 e.